The largest absolute Gasteiger partial charge is 0.457 e. The molecule has 0 amide bonds. The number of hydrogen-bond acceptors (Lipinski definition) is 9. The minimum atomic E-state index is 0.186. The standard InChI is InChI=1S/C27H23N9O/c1-15-7-16(3-6-24(15)37-17-4-5-23-21(8-17)32-14-35(23)2)33-26-25-22(30-13-31-26)10-29-27(34-25)36-11-19-18(9-28)20(19)12-36/h3-8,10,13-14,18-20H,11-12H2,1-2H3,(H,30,31,33)/t18?,19-,20+. The molecule has 3 aromatic heterocycles. The van der Waals surface area contributed by atoms with Gasteiger partial charge in [0.15, 0.2) is 5.82 Å². The van der Waals surface area contributed by atoms with Gasteiger partial charge >= 0.3 is 0 Å². The third-order valence-electron chi connectivity index (χ3n) is 7.35. The number of fused-ring (bicyclic) bond motifs is 3. The van der Waals surface area contributed by atoms with E-state index in [1.165, 1.54) is 6.33 Å². The predicted molar refractivity (Wildman–Crippen MR) is 139 cm³/mol. The van der Waals surface area contributed by atoms with Gasteiger partial charge in [0.25, 0.3) is 0 Å². The number of anilines is 3. The first-order valence-corrected chi connectivity index (χ1v) is 12.2. The number of nitrogens with zero attached hydrogens (tertiary/aromatic N) is 8. The quantitative estimate of drug-likeness (QED) is 0.384. The fourth-order valence-electron chi connectivity index (χ4n) is 5.25. The second-order valence-corrected chi connectivity index (χ2v) is 9.73. The Morgan fingerprint density at radius 2 is 1.89 bits per heavy atom. The SMILES string of the molecule is Cc1cc(Nc2ncnc3cnc(N4C[C@@H]5C(C#N)[C@@H]5C4)nc23)ccc1Oc1ccc2c(c1)ncn2C. The smallest absolute Gasteiger partial charge is 0.226 e. The molecule has 10 nitrogen and oxygen atoms in total. The van der Waals surface area contributed by atoms with Crippen molar-refractivity contribution in [2.24, 2.45) is 24.8 Å². The Hall–Kier alpha value is -4.78. The van der Waals surface area contributed by atoms with Gasteiger partial charge in [-0.25, -0.2) is 24.9 Å². The number of aromatic nitrogens is 6. The molecule has 1 N–H and O–H groups in total. The maximum absolute atomic E-state index is 9.20. The van der Waals surface area contributed by atoms with Gasteiger partial charge < -0.3 is 19.5 Å². The van der Waals surface area contributed by atoms with Gasteiger partial charge in [-0.1, -0.05) is 0 Å². The number of hydrogen-bond donors (Lipinski definition) is 1. The number of aryl methyl sites for hydroxylation is 2. The molecule has 4 heterocycles. The average molecular weight is 490 g/mol. The second kappa shape index (κ2) is 8.13. The lowest BCUT2D eigenvalue weighted by Crippen LogP contribution is -2.25. The Kier molecular flexibility index (Phi) is 4.72. The zero-order chi connectivity index (χ0) is 25.1. The summed E-state index contributed by atoms with van der Waals surface area (Å²) < 4.78 is 8.13. The molecule has 1 unspecified atom stereocenters. The minimum absolute atomic E-state index is 0.186. The molecule has 1 aliphatic carbocycles. The molecule has 182 valence electrons. The van der Waals surface area contributed by atoms with Crippen LogP contribution in [0.1, 0.15) is 5.56 Å². The predicted octanol–water partition coefficient (Wildman–Crippen LogP) is 4.36. The van der Waals surface area contributed by atoms with Crippen LogP contribution < -0.4 is 15.0 Å². The fraction of sp³-hybridized carbons (Fsp3) is 0.259. The van der Waals surface area contributed by atoms with Crippen LogP contribution in [-0.4, -0.2) is 42.6 Å². The number of nitrogens with one attached hydrogen (secondary N) is 1. The van der Waals surface area contributed by atoms with E-state index in [9.17, 15) is 5.26 Å². The van der Waals surface area contributed by atoms with Crippen LogP contribution in [0.4, 0.5) is 17.5 Å². The molecule has 7 rings (SSSR count). The van der Waals surface area contributed by atoms with Gasteiger partial charge in [-0.3, -0.25) is 0 Å². The molecule has 2 aliphatic rings. The van der Waals surface area contributed by atoms with Gasteiger partial charge in [0.2, 0.25) is 5.95 Å². The molecule has 37 heavy (non-hydrogen) atoms. The van der Waals surface area contributed by atoms with Gasteiger partial charge in [0, 0.05) is 31.9 Å². The normalized spacial score (nSPS) is 20.1. The van der Waals surface area contributed by atoms with Crippen LogP contribution >= 0.6 is 0 Å². The van der Waals surface area contributed by atoms with E-state index in [0.29, 0.717) is 34.6 Å². The molecule has 1 saturated carbocycles. The molecule has 1 saturated heterocycles. The van der Waals surface area contributed by atoms with E-state index >= 15 is 0 Å². The summed E-state index contributed by atoms with van der Waals surface area (Å²) in [5.41, 5.74) is 5.12. The molecule has 0 spiro atoms. The van der Waals surface area contributed by atoms with Crippen molar-refractivity contribution in [2.75, 3.05) is 23.3 Å². The fourth-order valence-corrected chi connectivity index (χ4v) is 5.25. The van der Waals surface area contributed by atoms with Gasteiger partial charge in [-0.15, -0.1) is 0 Å². The zero-order valence-corrected chi connectivity index (χ0v) is 20.3. The lowest BCUT2D eigenvalue weighted by molar-refractivity contribution is 0.479. The highest BCUT2D eigenvalue weighted by atomic mass is 16.5. The van der Waals surface area contributed by atoms with E-state index in [4.69, 9.17) is 9.72 Å². The topological polar surface area (TPSA) is 118 Å². The number of benzene rings is 2. The third-order valence-corrected chi connectivity index (χ3v) is 7.35. The summed E-state index contributed by atoms with van der Waals surface area (Å²) in [6.07, 6.45) is 5.04. The van der Waals surface area contributed by atoms with E-state index in [-0.39, 0.29) is 5.92 Å². The van der Waals surface area contributed by atoms with Crippen LogP contribution in [0.2, 0.25) is 0 Å². The molecule has 0 bridgehead atoms. The van der Waals surface area contributed by atoms with Crippen molar-refractivity contribution in [3.63, 3.8) is 0 Å². The van der Waals surface area contributed by atoms with Crippen molar-refractivity contribution in [3.05, 3.63) is 60.8 Å². The first-order valence-electron chi connectivity index (χ1n) is 12.2. The second-order valence-electron chi connectivity index (χ2n) is 9.73. The van der Waals surface area contributed by atoms with Gasteiger partial charge in [0.1, 0.15) is 28.9 Å². The molecule has 5 aromatic rings. The molecule has 1 aliphatic heterocycles. The van der Waals surface area contributed by atoms with E-state index < -0.39 is 0 Å². The van der Waals surface area contributed by atoms with Crippen molar-refractivity contribution in [3.8, 4) is 17.6 Å². The van der Waals surface area contributed by atoms with E-state index in [1.54, 1.807) is 12.5 Å². The Morgan fingerprint density at radius 1 is 1.03 bits per heavy atom. The highest BCUT2D eigenvalue weighted by Crippen LogP contribution is 2.51. The zero-order valence-electron chi connectivity index (χ0n) is 20.3. The summed E-state index contributed by atoms with van der Waals surface area (Å²) >= 11 is 0. The maximum atomic E-state index is 9.20. The minimum Gasteiger partial charge on any atom is -0.457 e. The van der Waals surface area contributed by atoms with Crippen molar-refractivity contribution < 1.29 is 4.74 Å². The van der Waals surface area contributed by atoms with Crippen molar-refractivity contribution in [2.45, 2.75) is 6.92 Å². The molecule has 10 heteroatoms. The molecule has 0 radical (unpaired) electrons. The molecular weight excluding hydrogens is 466 g/mol. The number of ether oxygens (including phenoxy) is 1. The average Bonchev–Trinajstić information content (AvgIpc) is 3.19. The Bertz CT molecular complexity index is 1710. The van der Waals surface area contributed by atoms with Crippen LogP contribution in [0, 0.1) is 36.0 Å². The van der Waals surface area contributed by atoms with E-state index in [0.717, 1.165) is 46.9 Å². The summed E-state index contributed by atoms with van der Waals surface area (Å²) in [5.74, 6) is 3.82. The van der Waals surface area contributed by atoms with Crippen molar-refractivity contribution in [1.29, 1.82) is 5.26 Å². The summed E-state index contributed by atoms with van der Waals surface area (Å²) in [4.78, 5) is 24.7. The lowest BCUT2D eigenvalue weighted by Gasteiger charge is -2.19. The van der Waals surface area contributed by atoms with Crippen LogP contribution in [0.5, 0.6) is 11.5 Å². The van der Waals surface area contributed by atoms with Gasteiger partial charge in [0.05, 0.1) is 35.5 Å². The molecule has 2 aromatic carbocycles. The monoisotopic (exact) mass is 489 g/mol. The van der Waals surface area contributed by atoms with Crippen LogP contribution in [-0.2, 0) is 7.05 Å². The third kappa shape index (κ3) is 3.67. The summed E-state index contributed by atoms with van der Waals surface area (Å²) in [6.45, 7) is 3.64. The highest BCUT2D eigenvalue weighted by molar-refractivity contribution is 5.87. The summed E-state index contributed by atoms with van der Waals surface area (Å²) in [7, 11) is 1.97. The first kappa shape index (κ1) is 21.5. The van der Waals surface area contributed by atoms with E-state index in [2.05, 4.69) is 36.2 Å². The lowest BCUT2D eigenvalue weighted by atomic mass is 10.2. The van der Waals surface area contributed by atoms with Gasteiger partial charge in [-0.05, 0) is 54.7 Å². The molecular formula is C27H23N9O. The number of rotatable bonds is 5. The van der Waals surface area contributed by atoms with Crippen molar-refractivity contribution >= 4 is 39.5 Å². The summed E-state index contributed by atoms with van der Waals surface area (Å²) in [6, 6.07) is 14.2. The first-order chi connectivity index (χ1) is 18.1. The van der Waals surface area contributed by atoms with Crippen LogP contribution in [0.3, 0.4) is 0 Å². The van der Waals surface area contributed by atoms with Gasteiger partial charge in [-0.2, -0.15) is 5.26 Å². The Morgan fingerprint density at radius 3 is 2.70 bits per heavy atom. The highest BCUT2D eigenvalue weighted by Gasteiger charge is 2.56. The van der Waals surface area contributed by atoms with Crippen LogP contribution in [0.15, 0.2) is 55.2 Å². The Labute approximate surface area is 212 Å². The molecule has 3 atom stereocenters. The van der Waals surface area contributed by atoms with Crippen molar-refractivity contribution in [1.82, 2.24) is 29.5 Å². The summed E-state index contributed by atoms with van der Waals surface area (Å²) in [5, 5.41) is 12.6. The number of imidazole rings is 1. The number of piperidine rings is 1. The Balaban J connectivity index is 1.12. The maximum Gasteiger partial charge on any atom is 0.226 e. The van der Waals surface area contributed by atoms with Crippen LogP contribution in [0.25, 0.3) is 22.1 Å². The van der Waals surface area contributed by atoms with E-state index in [1.807, 2.05) is 54.9 Å². The number of nitriles is 1. The molecule has 2 fully saturated rings.